The van der Waals surface area contributed by atoms with Crippen LogP contribution in [-0.4, -0.2) is 34.7 Å². The van der Waals surface area contributed by atoms with Crippen LogP contribution in [0.1, 0.15) is 36.8 Å². The minimum atomic E-state index is -4.17. The van der Waals surface area contributed by atoms with Gasteiger partial charge in [-0.2, -0.15) is 13.2 Å². The molecule has 0 aliphatic carbocycles. The molecule has 2 bridgehead atoms. The maximum absolute atomic E-state index is 13.1. The van der Waals surface area contributed by atoms with E-state index in [-0.39, 0.29) is 17.5 Å². The summed E-state index contributed by atoms with van der Waals surface area (Å²) < 4.78 is 39.2. The van der Waals surface area contributed by atoms with Gasteiger partial charge in [0.2, 0.25) is 0 Å². The lowest BCUT2D eigenvalue weighted by molar-refractivity contribution is -0.156. The summed E-state index contributed by atoms with van der Waals surface area (Å²) in [6.45, 7) is -0.825. The van der Waals surface area contributed by atoms with Gasteiger partial charge in [-0.25, -0.2) is 0 Å². The summed E-state index contributed by atoms with van der Waals surface area (Å²) in [5, 5.41) is 0.551. The van der Waals surface area contributed by atoms with Crippen LogP contribution in [0, 0.1) is 0 Å². The van der Waals surface area contributed by atoms with E-state index in [4.69, 9.17) is 11.6 Å². The van der Waals surface area contributed by atoms with Crippen LogP contribution in [0.3, 0.4) is 0 Å². The van der Waals surface area contributed by atoms with Gasteiger partial charge < -0.3 is 0 Å². The predicted molar refractivity (Wildman–Crippen MR) is 105 cm³/mol. The second kappa shape index (κ2) is 7.53. The van der Waals surface area contributed by atoms with E-state index in [2.05, 4.69) is 17.1 Å². The number of benzene rings is 1. The molecule has 0 N–H and O–H groups in total. The number of piperidine rings is 1. The Morgan fingerprint density at radius 2 is 1.79 bits per heavy atom. The molecule has 2 saturated heterocycles. The highest BCUT2D eigenvalue weighted by Crippen LogP contribution is 2.49. The van der Waals surface area contributed by atoms with Crippen molar-refractivity contribution >= 4 is 17.7 Å². The first-order valence-corrected chi connectivity index (χ1v) is 9.90. The zero-order chi connectivity index (χ0) is 19.8. The number of nitrogens with zero attached hydrogens (tertiary/aromatic N) is 2. The van der Waals surface area contributed by atoms with Crippen molar-refractivity contribution in [1.82, 2.24) is 9.88 Å². The molecule has 2 aromatic rings. The third-order valence-corrected chi connectivity index (χ3v) is 6.21. The number of rotatable bonds is 4. The molecule has 0 saturated carbocycles. The second-order valence-corrected chi connectivity index (χ2v) is 8.31. The Labute approximate surface area is 168 Å². The zero-order valence-corrected chi connectivity index (χ0v) is 16.1. The van der Waals surface area contributed by atoms with Crippen LogP contribution in [0.25, 0.3) is 6.08 Å². The summed E-state index contributed by atoms with van der Waals surface area (Å²) in [4.78, 5) is 5.91. The van der Waals surface area contributed by atoms with Crippen LogP contribution in [0.4, 0.5) is 13.2 Å². The van der Waals surface area contributed by atoms with Crippen molar-refractivity contribution in [2.45, 2.75) is 49.4 Å². The molecule has 2 fully saturated rings. The fourth-order valence-electron chi connectivity index (χ4n) is 4.81. The Balaban J connectivity index is 1.69. The quantitative estimate of drug-likeness (QED) is 0.630. The average molecular weight is 407 g/mol. The van der Waals surface area contributed by atoms with Crippen molar-refractivity contribution in [3.8, 4) is 0 Å². The molecule has 2 atom stereocenters. The van der Waals surface area contributed by atoms with Crippen LogP contribution >= 0.6 is 11.6 Å². The molecule has 2 aliphatic rings. The monoisotopic (exact) mass is 406 g/mol. The van der Waals surface area contributed by atoms with Crippen molar-refractivity contribution in [1.29, 1.82) is 0 Å². The van der Waals surface area contributed by atoms with Crippen LogP contribution in [-0.2, 0) is 5.41 Å². The van der Waals surface area contributed by atoms with Gasteiger partial charge in [-0.05, 0) is 42.9 Å². The Morgan fingerprint density at radius 3 is 2.39 bits per heavy atom. The summed E-state index contributed by atoms with van der Waals surface area (Å²) in [6, 6.07) is 11.7. The van der Waals surface area contributed by atoms with Crippen molar-refractivity contribution in [3.63, 3.8) is 0 Å². The van der Waals surface area contributed by atoms with E-state index in [1.807, 2.05) is 36.4 Å². The highest BCUT2D eigenvalue weighted by atomic mass is 35.5. The van der Waals surface area contributed by atoms with Gasteiger partial charge in [0.05, 0.1) is 11.6 Å². The molecule has 1 aromatic heterocycles. The molecule has 0 spiro atoms. The van der Waals surface area contributed by atoms with Crippen molar-refractivity contribution in [2.24, 2.45) is 0 Å². The summed E-state index contributed by atoms with van der Waals surface area (Å²) in [5.74, 6) is 0. The number of alkyl halides is 3. The lowest BCUT2D eigenvalue weighted by Gasteiger charge is -2.46. The van der Waals surface area contributed by atoms with Gasteiger partial charge in [-0.3, -0.25) is 9.88 Å². The molecule has 4 rings (SSSR count). The number of aromatic nitrogens is 1. The minimum absolute atomic E-state index is 0.0835. The Kier molecular flexibility index (Phi) is 5.23. The Bertz CT molecular complexity index is 836. The van der Waals surface area contributed by atoms with Crippen LogP contribution in [0.15, 0.2) is 54.9 Å². The van der Waals surface area contributed by atoms with Gasteiger partial charge in [0, 0.05) is 29.9 Å². The van der Waals surface area contributed by atoms with Crippen LogP contribution < -0.4 is 0 Å². The van der Waals surface area contributed by atoms with Crippen LogP contribution in [0.5, 0.6) is 0 Å². The zero-order valence-electron chi connectivity index (χ0n) is 15.4. The first-order valence-electron chi connectivity index (χ1n) is 9.52. The van der Waals surface area contributed by atoms with E-state index >= 15 is 0 Å². The molecule has 28 heavy (non-hydrogen) atoms. The lowest BCUT2D eigenvalue weighted by Crippen LogP contribution is -2.51. The van der Waals surface area contributed by atoms with Gasteiger partial charge in [-0.1, -0.05) is 54.1 Å². The molecule has 0 amide bonds. The van der Waals surface area contributed by atoms with E-state index in [0.29, 0.717) is 17.9 Å². The smallest absolute Gasteiger partial charge is 0.289 e. The molecular formula is C22H22ClF3N2. The number of fused-ring (bicyclic) bond motifs is 2. The number of halogens is 4. The lowest BCUT2D eigenvalue weighted by atomic mass is 9.70. The highest BCUT2D eigenvalue weighted by molar-refractivity contribution is 6.30. The Hall–Kier alpha value is -1.85. The predicted octanol–water partition coefficient (Wildman–Crippen LogP) is 5.88. The number of hydrogen-bond acceptors (Lipinski definition) is 2. The highest BCUT2D eigenvalue weighted by Gasteiger charge is 2.50. The fourth-order valence-corrected chi connectivity index (χ4v) is 4.99. The van der Waals surface area contributed by atoms with Gasteiger partial charge in [0.15, 0.2) is 0 Å². The van der Waals surface area contributed by atoms with Crippen molar-refractivity contribution < 1.29 is 13.2 Å². The van der Waals surface area contributed by atoms with Crippen molar-refractivity contribution in [2.75, 3.05) is 6.54 Å². The number of pyridine rings is 1. The number of allylic oxidation sites excluding steroid dienone is 1. The topological polar surface area (TPSA) is 16.1 Å². The largest absolute Gasteiger partial charge is 0.401 e. The fraction of sp³-hybridized carbons (Fsp3) is 0.409. The van der Waals surface area contributed by atoms with Gasteiger partial charge in [-0.15, -0.1) is 0 Å². The first-order chi connectivity index (χ1) is 13.3. The van der Waals surface area contributed by atoms with Crippen LogP contribution in [0.2, 0.25) is 5.02 Å². The summed E-state index contributed by atoms with van der Waals surface area (Å²) >= 11 is 6.20. The summed E-state index contributed by atoms with van der Waals surface area (Å²) in [7, 11) is 0. The third kappa shape index (κ3) is 4.11. The third-order valence-electron chi connectivity index (χ3n) is 6.01. The molecule has 0 radical (unpaired) electrons. The molecule has 148 valence electrons. The maximum Gasteiger partial charge on any atom is 0.401 e. The van der Waals surface area contributed by atoms with E-state index < -0.39 is 12.7 Å². The molecular weight excluding hydrogens is 385 g/mol. The molecule has 2 nitrogen and oxygen atoms in total. The molecule has 2 aliphatic heterocycles. The van der Waals surface area contributed by atoms with Gasteiger partial charge in [0.1, 0.15) is 0 Å². The normalized spacial score (nSPS) is 28.1. The summed E-state index contributed by atoms with van der Waals surface area (Å²) in [5.41, 5.74) is 1.69. The van der Waals surface area contributed by atoms with Gasteiger partial charge in [0.25, 0.3) is 0 Å². The first kappa shape index (κ1) is 19.5. The number of hydrogen-bond donors (Lipinski definition) is 0. The van der Waals surface area contributed by atoms with Crippen molar-refractivity contribution in [3.05, 3.63) is 71.0 Å². The second-order valence-electron chi connectivity index (χ2n) is 7.87. The summed E-state index contributed by atoms with van der Waals surface area (Å²) in [6.07, 6.45) is 6.35. The molecule has 3 heterocycles. The van der Waals surface area contributed by atoms with E-state index in [1.165, 1.54) is 0 Å². The standard InChI is InChI=1S/C22H22ClF3N2/c23-18-10-17(13-27-14-18)21(9-8-16-4-2-1-3-5-16)11-19-6-7-20(12-21)28(19)15-22(24,25)26/h1-5,8-10,13-14,19-20H,6-7,11-12,15H2/b9-8+. The minimum Gasteiger partial charge on any atom is -0.289 e. The molecule has 1 aromatic carbocycles. The average Bonchev–Trinajstić information content (AvgIpc) is 2.89. The van der Waals surface area contributed by atoms with Gasteiger partial charge >= 0.3 is 6.18 Å². The SMILES string of the molecule is FC(F)(F)CN1C2CCC1CC(/C=C/c1ccccc1)(c1cncc(Cl)c1)C2. The van der Waals surface area contributed by atoms with E-state index in [1.54, 1.807) is 17.3 Å². The maximum atomic E-state index is 13.1. The van der Waals surface area contributed by atoms with E-state index in [0.717, 1.165) is 24.0 Å². The molecule has 2 unspecified atom stereocenters. The molecule has 6 heteroatoms. The van der Waals surface area contributed by atoms with E-state index in [9.17, 15) is 13.2 Å². The Morgan fingerprint density at radius 1 is 1.11 bits per heavy atom.